The number of azo groups is 2. The predicted octanol–water partition coefficient (Wildman–Crippen LogP) is 11.8. The van der Waals surface area contributed by atoms with Crippen LogP contribution >= 0.6 is 23.2 Å². The Bertz CT molecular complexity index is 3830. The Hall–Kier alpha value is -6.72. The van der Waals surface area contributed by atoms with E-state index in [2.05, 4.69) is 30.8 Å². The summed E-state index contributed by atoms with van der Waals surface area (Å²) in [5, 5.41) is 58.9. The fourth-order valence-corrected chi connectivity index (χ4v) is 9.02. The van der Waals surface area contributed by atoms with Crippen molar-refractivity contribution in [3.05, 3.63) is 166 Å². The molecule has 8 aromatic carbocycles. The molecule has 0 spiro atoms. The average Bonchev–Trinajstić information content (AvgIpc) is 3.36. The molecule has 0 aliphatic heterocycles. The Labute approximate surface area is 470 Å². The molecule has 0 saturated heterocycles. The molecule has 0 aromatic heterocycles. The van der Waals surface area contributed by atoms with Crippen molar-refractivity contribution in [2.75, 3.05) is 18.5 Å². The second-order valence-corrected chi connectivity index (χ2v) is 19.3. The standard InChI is InChI=1S/2C26H22ClN3O6S.Ca/c2*1-3-36-21-11-7-6-10-20(21)28-26(32)18-14-16-8-4-5-9-17(16)24(25(18)31)30-29-23-15(2)19(27)12-13-22(23)37(33,34)35;/h2*4-14,31H,3H2,1-2H3,(H,28,32)(H,33,34,35);/q;;+2/p-2. The first kappa shape index (κ1) is 57.6. The number of rotatable bonds is 14. The van der Waals surface area contributed by atoms with Crippen LogP contribution in [0.15, 0.2) is 169 Å². The number of ether oxygens (including phenoxy) is 2. The van der Waals surface area contributed by atoms with Crippen molar-refractivity contribution in [2.24, 2.45) is 25.4 Å². The molecule has 0 bridgehead atoms. The normalized spacial score (nSPS) is 11.9. The zero-order chi connectivity index (χ0) is 53.5. The summed E-state index contributed by atoms with van der Waals surface area (Å²) in [7, 11) is -9.31. The number of carbonyl (C=O) groups is 1. The van der Waals surface area contributed by atoms with Crippen LogP contribution < -0.4 is 25.0 Å². The molecule has 0 heterocycles. The second kappa shape index (κ2) is 24.7. The molecule has 0 radical (unpaired) electrons. The van der Waals surface area contributed by atoms with Crippen LogP contribution in [0.2, 0.25) is 10.0 Å². The summed E-state index contributed by atoms with van der Waals surface area (Å²) < 4.78 is 77.9. The van der Waals surface area contributed by atoms with Crippen molar-refractivity contribution < 1.29 is 55.5 Å². The molecule has 0 aliphatic carbocycles. The summed E-state index contributed by atoms with van der Waals surface area (Å²) in [5.41, 5.74) is 0.128. The van der Waals surface area contributed by atoms with E-state index >= 15 is 0 Å². The number of phenols is 1. The largest absolute Gasteiger partial charge is 2.00 e. The van der Waals surface area contributed by atoms with E-state index in [1.165, 1.54) is 38.1 Å². The van der Waals surface area contributed by atoms with Crippen LogP contribution in [0, 0.1) is 13.8 Å². The van der Waals surface area contributed by atoms with E-state index in [0.29, 0.717) is 51.9 Å². The molecule has 23 heteroatoms. The van der Waals surface area contributed by atoms with Crippen molar-refractivity contribution in [2.45, 2.75) is 37.5 Å². The number of anilines is 1. The molecule has 8 aromatic rings. The number of nitrogens with zero attached hydrogens (tertiary/aromatic N) is 5. The minimum Gasteiger partial charge on any atom is -0.871 e. The van der Waals surface area contributed by atoms with E-state index in [-0.39, 0.29) is 98.5 Å². The van der Waals surface area contributed by atoms with Crippen molar-refractivity contribution >= 4 is 149 Å². The van der Waals surface area contributed by atoms with E-state index in [4.69, 9.17) is 32.7 Å². The van der Waals surface area contributed by atoms with Gasteiger partial charge in [0.1, 0.15) is 44.0 Å². The molecule has 18 nitrogen and oxygen atoms in total. The molecule has 0 saturated carbocycles. The summed E-state index contributed by atoms with van der Waals surface area (Å²) in [6.07, 6.45) is 0. The maximum absolute atomic E-state index is 13.4. The number of hydrogen-bond acceptors (Lipinski definition) is 15. The summed E-state index contributed by atoms with van der Waals surface area (Å²) in [6.45, 7) is 7.39. The van der Waals surface area contributed by atoms with E-state index < -0.39 is 53.3 Å². The van der Waals surface area contributed by atoms with Gasteiger partial charge in [0, 0.05) is 20.8 Å². The van der Waals surface area contributed by atoms with Gasteiger partial charge >= 0.3 is 37.7 Å². The fourth-order valence-electron chi connectivity index (χ4n) is 7.36. The number of phenolic OH excluding ortho intramolecular Hbond substituents is 1. The smallest absolute Gasteiger partial charge is 0.871 e. The summed E-state index contributed by atoms with van der Waals surface area (Å²) >= 11 is 12.2. The number of amides is 1. The molecule has 75 heavy (non-hydrogen) atoms. The number of nitrogens with one attached hydrogen (secondary N) is 1. The minimum atomic E-state index is -4.67. The number of hydrogen-bond donors (Lipinski definition) is 4. The first-order chi connectivity index (χ1) is 35.2. The van der Waals surface area contributed by atoms with Crippen LogP contribution in [-0.4, -0.2) is 93.8 Å². The van der Waals surface area contributed by atoms with Gasteiger partial charge in [0.25, 0.3) is 26.1 Å². The van der Waals surface area contributed by atoms with E-state index in [1.54, 1.807) is 104 Å². The Morgan fingerprint density at radius 1 is 0.613 bits per heavy atom. The number of para-hydroxylation sites is 4. The Morgan fingerprint density at radius 2 is 1.05 bits per heavy atom. The van der Waals surface area contributed by atoms with E-state index in [1.807, 2.05) is 6.92 Å². The van der Waals surface area contributed by atoms with Gasteiger partial charge in [-0.1, -0.05) is 102 Å². The Kier molecular flexibility index (Phi) is 19.0. The van der Waals surface area contributed by atoms with E-state index in [9.17, 15) is 46.1 Å². The van der Waals surface area contributed by atoms with Crippen LogP contribution in [0.25, 0.3) is 21.5 Å². The number of aliphatic imine (C=N–C) groups is 1. The molecule has 8 rings (SSSR count). The maximum Gasteiger partial charge on any atom is 2.00 e. The van der Waals surface area contributed by atoms with Gasteiger partial charge in [-0.25, -0.2) is 0 Å². The van der Waals surface area contributed by atoms with Gasteiger partial charge in [0.2, 0.25) is 0 Å². The topological polar surface area (TPSA) is 284 Å². The first-order valence-corrected chi connectivity index (χ1v) is 25.7. The van der Waals surface area contributed by atoms with Gasteiger partial charge in [-0.3, -0.25) is 18.9 Å². The molecule has 380 valence electrons. The molecule has 1 amide bonds. The number of aromatic hydroxyl groups is 1. The van der Waals surface area contributed by atoms with Crippen molar-refractivity contribution in [3.63, 3.8) is 0 Å². The first-order valence-electron chi connectivity index (χ1n) is 22.1. The fraction of sp³-hybridized carbons (Fsp3) is 0.115. The Balaban J connectivity index is 0.000000241. The third-order valence-corrected chi connectivity index (χ3v) is 13.6. The zero-order valence-corrected chi connectivity index (χ0v) is 45.5. The van der Waals surface area contributed by atoms with Crippen LogP contribution in [0.5, 0.6) is 23.0 Å². The van der Waals surface area contributed by atoms with Gasteiger partial charge in [0.15, 0.2) is 5.75 Å². The quantitative estimate of drug-likeness (QED) is 0.0260. The molecular weight excluding hydrogens is 1080 g/mol. The van der Waals surface area contributed by atoms with Crippen LogP contribution in [0.1, 0.15) is 40.9 Å². The summed E-state index contributed by atoms with van der Waals surface area (Å²) in [6, 6.07) is 34.9. The number of fused-ring (bicyclic) bond motifs is 2. The Morgan fingerprint density at radius 3 is 1.60 bits per heavy atom. The zero-order valence-electron chi connectivity index (χ0n) is 40.1. The third-order valence-electron chi connectivity index (χ3n) is 11.0. The minimum absolute atomic E-state index is 0. The van der Waals surface area contributed by atoms with Crippen LogP contribution in [0.3, 0.4) is 0 Å². The van der Waals surface area contributed by atoms with Crippen LogP contribution in [-0.2, 0) is 20.2 Å². The monoisotopic (exact) mass is 1120 g/mol. The number of carbonyl (C=O) groups excluding carboxylic acids is 1. The summed E-state index contributed by atoms with van der Waals surface area (Å²) in [4.78, 5) is 16.3. The average molecular weight is 1120 g/mol. The number of benzene rings is 8. The van der Waals surface area contributed by atoms with Crippen molar-refractivity contribution in [1.29, 1.82) is 0 Å². The van der Waals surface area contributed by atoms with Crippen molar-refractivity contribution in [1.82, 2.24) is 0 Å². The maximum atomic E-state index is 13.4. The SMILES string of the molecule is CCOc1ccccc1N=C([O-])c1cc2ccccc2c(N=Nc2c(S(=O)(=O)O)ccc(Cl)c2C)c1[O-].CCOc1ccccc1NC(=O)c1cc2ccccc2c(N=Nc2c(S(=O)(=O)O)ccc(Cl)c2C)c1O.[Ca+2]. The molecule has 0 aliphatic rings. The van der Waals surface area contributed by atoms with Gasteiger partial charge in [0.05, 0.1) is 30.2 Å². The molecule has 0 unspecified atom stereocenters. The van der Waals surface area contributed by atoms with E-state index in [0.717, 1.165) is 12.1 Å². The molecule has 0 fully saturated rings. The molecule has 4 N–H and O–H groups in total. The van der Waals surface area contributed by atoms with Gasteiger partial charge in [-0.2, -0.15) is 21.9 Å². The predicted molar refractivity (Wildman–Crippen MR) is 284 cm³/mol. The molecule has 0 atom stereocenters. The second-order valence-electron chi connectivity index (χ2n) is 15.8. The van der Waals surface area contributed by atoms with Gasteiger partial charge < -0.3 is 30.1 Å². The third kappa shape index (κ3) is 13.2. The number of halogens is 2. The van der Waals surface area contributed by atoms with Crippen LogP contribution in [0.4, 0.5) is 34.1 Å². The molecular formula is C52H42CaCl2N6O12S2. The van der Waals surface area contributed by atoms with Gasteiger partial charge in [-0.15, -0.1) is 15.3 Å². The van der Waals surface area contributed by atoms with Crippen molar-refractivity contribution in [3.8, 4) is 23.0 Å². The van der Waals surface area contributed by atoms with Gasteiger partial charge in [-0.05, 0) is 122 Å². The summed E-state index contributed by atoms with van der Waals surface area (Å²) in [5.74, 6) is -1.80.